The van der Waals surface area contributed by atoms with Crippen molar-refractivity contribution < 1.29 is 13.6 Å². The van der Waals surface area contributed by atoms with Crippen molar-refractivity contribution in [2.24, 2.45) is 0 Å². The summed E-state index contributed by atoms with van der Waals surface area (Å²) in [6.45, 7) is 7.74. The first-order valence-electron chi connectivity index (χ1n) is 9.28. The van der Waals surface area contributed by atoms with Crippen molar-refractivity contribution in [3.05, 3.63) is 70.7 Å². The molecule has 0 spiro atoms. The molecular weight excluding hydrogens is 343 g/mol. The quantitative estimate of drug-likeness (QED) is 0.699. The molecule has 3 aromatic rings. The van der Waals surface area contributed by atoms with Crippen LogP contribution < -0.4 is 0 Å². The average molecular weight is 366 g/mol. The maximum absolute atomic E-state index is 14.0. The number of nitrogens with zero attached hydrogens (tertiary/aromatic N) is 2. The highest BCUT2D eigenvalue weighted by Crippen LogP contribution is 2.28. The molecule has 1 aliphatic heterocycles. The Hall–Kier alpha value is -2.66. The molecule has 27 heavy (non-hydrogen) atoms. The highest BCUT2D eigenvalue weighted by molar-refractivity contribution is 5.99. The average Bonchev–Trinajstić information content (AvgIpc) is 3.02. The molecule has 2 aromatic carbocycles. The third kappa shape index (κ3) is 3.35. The minimum atomic E-state index is -0.433. The summed E-state index contributed by atoms with van der Waals surface area (Å²) in [4.78, 5) is 17.1. The predicted octanol–water partition coefficient (Wildman–Crippen LogP) is 4.15. The Morgan fingerprint density at radius 3 is 2.48 bits per heavy atom. The zero-order chi connectivity index (χ0) is 19.0. The highest BCUT2D eigenvalue weighted by atomic mass is 19.1. The van der Waals surface area contributed by atoms with Gasteiger partial charge in [0.15, 0.2) is 17.2 Å². The van der Waals surface area contributed by atoms with E-state index in [0.717, 1.165) is 19.6 Å². The van der Waals surface area contributed by atoms with Gasteiger partial charge in [-0.2, -0.15) is 0 Å². The molecule has 0 radical (unpaired) electrons. The lowest BCUT2D eigenvalue weighted by atomic mass is 10.1. The van der Waals surface area contributed by atoms with Crippen LogP contribution in [0.5, 0.6) is 0 Å². The lowest BCUT2D eigenvalue weighted by Crippen LogP contribution is -2.48. The number of fused-ring (bicyclic) bond motifs is 1. The second-order valence-electron chi connectivity index (χ2n) is 7.17. The molecule has 0 atom stereocenters. The van der Waals surface area contributed by atoms with Crippen LogP contribution >= 0.6 is 0 Å². The second-order valence-corrected chi connectivity index (χ2v) is 7.17. The highest BCUT2D eigenvalue weighted by Gasteiger charge is 2.27. The zero-order valence-electron chi connectivity index (χ0n) is 15.7. The van der Waals surface area contributed by atoms with Gasteiger partial charge in [0, 0.05) is 43.7 Å². The van der Waals surface area contributed by atoms with Crippen molar-refractivity contribution in [2.45, 2.75) is 20.4 Å². The molecule has 0 bridgehead atoms. The Balaban J connectivity index is 1.45. The molecule has 5 heteroatoms. The van der Waals surface area contributed by atoms with Crippen LogP contribution in [0, 0.1) is 19.7 Å². The molecule has 1 amide bonds. The molecule has 0 N–H and O–H groups in total. The molecule has 4 nitrogen and oxygen atoms in total. The molecule has 4 rings (SSSR count). The summed E-state index contributed by atoms with van der Waals surface area (Å²) in [5, 5.41) is 0.663. The van der Waals surface area contributed by atoms with Gasteiger partial charge < -0.3 is 9.32 Å². The van der Waals surface area contributed by atoms with E-state index in [2.05, 4.69) is 30.0 Å². The number of benzene rings is 2. The van der Waals surface area contributed by atoms with Crippen molar-refractivity contribution in [3.8, 4) is 0 Å². The van der Waals surface area contributed by atoms with Gasteiger partial charge in [-0.05, 0) is 31.0 Å². The van der Waals surface area contributed by atoms with Gasteiger partial charge >= 0.3 is 0 Å². The minimum Gasteiger partial charge on any atom is -0.448 e. The number of amides is 1. The van der Waals surface area contributed by atoms with Crippen LogP contribution in [0.2, 0.25) is 0 Å². The maximum atomic E-state index is 14.0. The summed E-state index contributed by atoms with van der Waals surface area (Å²) in [7, 11) is 0. The standard InChI is InChI=1S/C22H23FN2O2/c1-15-6-3-4-7-17(15)14-24-10-12-25(13-11-24)22(26)20-16(2)18-8-5-9-19(23)21(18)27-20/h3-9H,10-14H2,1-2H3. The van der Waals surface area contributed by atoms with E-state index in [-0.39, 0.29) is 17.3 Å². The molecular formula is C22H23FN2O2. The molecule has 1 aromatic heterocycles. The summed E-state index contributed by atoms with van der Waals surface area (Å²) >= 11 is 0. The number of piperazine rings is 1. The summed E-state index contributed by atoms with van der Waals surface area (Å²) in [5.74, 6) is -0.334. The molecule has 1 aliphatic rings. The number of carbonyl (C=O) groups is 1. The van der Waals surface area contributed by atoms with Gasteiger partial charge in [-0.1, -0.05) is 36.4 Å². The number of carbonyl (C=O) groups excluding carboxylic acids is 1. The minimum absolute atomic E-state index is 0.154. The first-order valence-corrected chi connectivity index (χ1v) is 9.28. The van der Waals surface area contributed by atoms with Crippen molar-refractivity contribution in [1.82, 2.24) is 9.80 Å². The summed E-state index contributed by atoms with van der Waals surface area (Å²) in [6, 6.07) is 13.2. The Kier molecular flexibility index (Phi) is 4.70. The molecule has 0 unspecified atom stereocenters. The summed E-state index contributed by atoms with van der Waals surface area (Å²) < 4.78 is 19.6. The Labute approximate surface area is 158 Å². The lowest BCUT2D eigenvalue weighted by molar-refractivity contribution is 0.0598. The van der Waals surface area contributed by atoms with Gasteiger partial charge in [0.1, 0.15) is 0 Å². The van der Waals surface area contributed by atoms with E-state index < -0.39 is 5.82 Å². The number of halogens is 1. The first-order chi connectivity index (χ1) is 13.0. The van der Waals surface area contributed by atoms with Crippen LogP contribution in [0.25, 0.3) is 11.0 Å². The van der Waals surface area contributed by atoms with E-state index in [9.17, 15) is 9.18 Å². The van der Waals surface area contributed by atoms with E-state index in [1.54, 1.807) is 17.0 Å². The molecule has 140 valence electrons. The Bertz CT molecular complexity index is 987. The Morgan fingerprint density at radius 2 is 1.78 bits per heavy atom. The van der Waals surface area contributed by atoms with Crippen LogP contribution in [0.1, 0.15) is 27.2 Å². The van der Waals surface area contributed by atoms with E-state index in [4.69, 9.17) is 4.42 Å². The van der Waals surface area contributed by atoms with E-state index in [1.165, 1.54) is 17.2 Å². The van der Waals surface area contributed by atoms with Crippen LogP contribution in [0.3, 0.4) is 0 Å². The molecule has 0 aliphatic carbocycles. The van der Waals surface area contributed by atoms with Gasteiger partial charge in [-0.25, -0.2) is 4.39 Å². The monoisotopic (exact) mass is 366 g/mol. The third-order valence-electron chi connectivity index (χ3n) is 5.42. The SMILES string of the molecule is Cc1ccccc1CN1CCN(C(=O)c2oc3c(F)cccc3c2C)CC1. The number of aryl methyl sites for hydroxylation is 2. The van der Waals surface area contributed by atoms with Gasteiger partial charge in [0.05, 0.1) is 0 Å². The van der Waals surface area contributed by atoms with Crippen molar-refractivity contribution in [3.63, 3.8) is 0 Å². The smallest absolute Gasteiger partial charge is 0.289 e. The number of hydrogen-bond donors (Lipinski definition) is 0. The number of para-hydroxylation sites is 1. The number of furan rings is 1. The third-order valence-corrected chi connectivity index (χ3v) is 5.42. The van der Waals surface area contributed by atoms with Crippen LogP contribution in [0.15, 0.2) is 46.9 Å². The largest absolute Gasteiger partial charge is 0.448 e. The number of hydrogen-bond acceptors (Lipinski definition) is 3. The molecule has 0 saturated carbocycles. The van der Waals surface area contributed by atoms with Crippen molar-refractivity contribution in [1.29, 1.82) is 0 Å². The molecule has 1 saturated heterocycles. The Morgan fingerprint density at radius 1 is 1.04 bits per heavy atom. The lowest BCUT2D eigenvalue weighted by Gasteiger charge is -2.34. The maximum Gasteiger partial charge on any atom is 0.289 e. The fourth-order valence-corrected chi connectivity index (χ4v) is 3.69. The fraction of sp³-hybridized carbons (Fsp3) is 0.318. The van der Waals surface area contributed by atoms with Gasteiger partial charge in [-0.15, -0.1) is 0 Å². The first kappa shape index (κ1) is 17.7. The van der Waals surface area contributed by atoms with Gasteiger partial charge in [0.25, 0.3) is 5.91 Å². The predicted molar refractivity (Wildman–Crippen MR) is 103 cm³/mol. The molecule has 2 heterocycles. The van der Waals surface area contributed by atoms with E-state index >= 15 is 0 Å². The zero-order valence-corrected chi connectivity index (χ0v) is 15.7. The molecule has 1 fully saturated rings. The van der Waals surface area contributed by atoms with Crippen LogP contribution in [0.4, 0.5) is 4.39 Å². The van der Waals surface area contributed by atoms with Crippen molar-refractivity contribution in [2.75, 3.05) is 26.2 Å². The number of rotatable bonds is 3. The summed E-state index contributed by atoms with van der Waals surface area (Å²) in [5.41, 5.74) is 3.48. The summed E-state index contributed by atoms with van der Waals surface area (Å²) in [6.07, 6.45) is 0. The topological polar surface area (TPSA) is 36.7 Å². The fourth-order valence-electron chi connectivity index (χ4n) is 3.69. The van der Waals surface area contributed by atoms with Gasteiger partial charge in [-0.3, -0.25) is 9.69 Å². The van der Waals surface area contributed by atoms with E-state index in [0.29, 0.717) is 24.0 Å². The second kappa shape index (κ2) is 7.16. The normalized spacial score (nSPS) is 15.4. The van der Waals surface area contributed by atoms with E-state index in [1.807, 2.05) is 13.0 Å². The van der Waals surface area contributed by atoms with Crippen molar-refractivity contribution >= 4 is 16.9 Å². The van der Waals surface area contributed by atoms with Gasteiger partial charge in [0.2, 0.25) is 0 Å². The van der Waals surface area contributed by atoms with Crippen LogP contribution in [-0.4, -0.2) is 41.9 Å². The van der Waals surface area contributed by atoms with Crippen LogP contribution in [-0.2, 0) is 6.54 Å².